The summed E-state index contributed by atoms with van der Waals surface area (Å²) in [5.74, 6) is -0.304. The second-order valence-corrected chi connectivity index (χ2v) is 11.0. The molecule has 1 aromatic carbocycles. The summed E-state index contributed by atoms with van der Waals surface area (Å²) in [6, 6.07) is 5.69. The van der Waals surface area contributed by atoms with Crippen molar-refractivity contribution in [1.82, 2.24) is 15.2 Å². The van der Waals surface area contributed by atoms with Gasteiger partial charge in [-0.2, -0.15) is 8.42 Å². The Kier molecular flexibility index (Phi) is 7.70. The van der Waals surface area contributed by atoms with Gasteiger partial charge in [-0.25, -0.2) is 9.78 Å². The summed E-state index contributed by atoms with van der Waals surface area (Å²) in [4.78, 5) is 42.9. The monoisotopic (exact) mass is 539 g/mol. The highest BCUT2D eigenvalue weighted by molar-refractivity contribution is 7.86. The number of likely N-dealkylation sites (tertiary alicyclic amines) is 1. The number of nitro benzene ring substituents is 1. The molecule has 0 saturated carbocycles. The van der Waals surface area contributed by atoms with Gasteiger partial charge >= 0.3 is 6.09 Å². The predicted octanol–water partition coefficient (Wildman–Crippen LogP) is 1.75. The molecule has 13 nitrogen and oxygen atoms in total. The summed E-state index contributed by atoms with van der Waals surface area (Å²) in [5, 5.41) is 15.9. The second-order valence-electron chi connectivity index (χ2n) is 8.56. The quantitative estimate of drug-likeness (QED) is 0.297. The van der Waals surface area contributed by atoms with Crippen LogP contribution in [0.2, 0.25) is 0 Å². The van der Waals surface area contributed by atoms with Gasteiger partial charge < -0.3 is 19.9 Å². The van der Waals surface area contributed by atoms with Crippen LogP contribution in [0.4, 0.5) is 15.6 Å². The van der Waals surface area contributed by atoms with Crippen molar-refractivity contribution in [3.8, 4) is 0 Å². The first-order chi connectivity index (χ1) is 17.1. The van der Waals surface area contributed by atoms with Gasteiger partial charge in [0.2, 0.25) is 0 Å². The summed E-state index contributed by atoms with van der Waals surface area (Å²) in [6.45, 7) is 1.63. The number of rotatable bonds is 8. The molecule has 0 bridgehead atoms. The second kappa shape index (κ2) is 10.8. The molecule has 194 valence electrons. The molecule has 2 aromatic rings. The van der Waals surface area contributed by atoms with Gasteiger partial charge in [0.25, 0.3) is 21.7 Å². The molecule has 15 heteroatoms. The number of carbonyl (C=O) groups is 2. The average molecular weight is 540 g/mol. The lowest BCUT2D eigenvalue weighted by Gasteiger charge is -2.37. The molecule has 36 heavy (non-hydrogen) atoms. The third kappa shape index (κ3) is 6.67. The van der Waals surface area contributed by atoms with E-state index in [2.05, 4.69) is 10.3 Å². The molecule has 2 aliphatic heterocycles. The minimum atomic E-state index is -3.50. The number of benzene rings is 1. The lowest BCUT2D eigenvalue weighted by molar-refractivity contribution is -0.384. The molecular weight excluding hydrogens is 514 g/mol. The number of non-ortho nitro benzene ring substituents is 1. The van der Waals surface area contributed by atoms with Crippen LogP contribution in [-0.2, 0) is 25.6 Å². The third-order valence-corrected chi connectivity index (χ3v) is 7.28. The number of hydrogen-bond donors (Lipinski definition) is 1. The van der Waals surface area contributed by atoms with Crippen molar-refractivity contribution in [3.05, 3.63) is 51.0 Å². The first kappa shape index (κ1) is 25.8. The highest BCUT2D eigenvalue weighted by Crippen LogP contribution is 2.27. The largest absolute Gasteiger partial charge is 0.445 e. The Labute approximate surface area is 211 Å². The van der Waals surface area contributed by atoms with Crippen LogP contribution in [0.1, 0.15) is 28.9 Å². The fourth-order valence-corrected chi connectivity index (χ4v) is 5.27. The number of carbonyl (C=O) groups excluding carboxylic acids is 2. The first-order valence-electron chi connectivity index (χ1n) is 11.1. The van der Waals surface area contributed by atoms with Gasteiger partial charge in [-0.3, -0.25) is 19.1 Å². The standard InChI is InChI=1S/C21H25N5O8S2/c1-36(31,32)34-17-10-25(11-17)20-23-18(13-35-20)19(27)22-15-6-8-24(9-7-15)21(28)33-12-14-2-4-16(5-3-14)26(29)30/h2-5,13,15,17H,6-12H2,1H3,(H,22,27). The van der Waals surface area contributed by atoms with E-state index < -0.39 is 27.2 Å². The molecule has 2 amide bonds. The smallest absolute Gasteiger partial charge is 0.410 e. The Morgan fingerprint density at radius 2 is 1.89 bits per heavy atom. The molecule has 0 radical (unpaired) electrons. The molecule has 2 saturated heterocycles. The molecule has 2 aliphatic rings. The molecule has 1 N–H and O–H groups in total. The van der Waals surface area contributed by atoms with Crippen LogP contribution in [0.3, 0.4) is 0 Å². The van der Waals surface area contributed by atoms with Gasteiger partial charge in [0, 0.05) is 49.7 Å². The number of ether oxygens (including phenoxy) is 1. The zero-order chi connectivity index (χ0) is 25.9. The van der Waals surface area contributed by atoms with Crippen LogP contribution in [0.5, 0.6) is 0 Å². The maximum absolute atomic E-state index is 12.6. The molecular formula is C21H25N5O8S2. The summed E-state index contributed by atoms with van der Waals surface area (Å²) in [5.41, 5.74) is 0.902. The normalized spacial score (nSPS) is 16.9. The van der Waals surface area contributed by atoms with E-state index in [0.717, 1.165) is 6.26 Å². The SMILES string of the molecule is CS(=O)(=O)OC1CN(c2nc(C(=O)NC3CCN(C(=O)OCc4ccc([N+](=O)[O-])cc4)CC3)cs2)C1. The van der Waals surface area contributed by atoms with Crippen LogP contribution < -0.4 is 10.2 Å². The fourth-order valence-electron chi connectivity index (χ4n) is 3.83. The van der Waals surface area contributed by atoms with Crippen molar-refractivity contribution in [1.29, 1.82) is 0 Å². The zero-order valence-corrected chi connectivity index (χ0v) is 21.0. The Hall–Kier alpha value is -3.30. The van der Waals surface area contributed by atoms with Crippen LogP contribution in [0, 0.1) is 10.1 Å². The number of piperidine rings is 1. The Morgan fingerprint density at radius 1 is 1.22 bits per heavy atom. The summed E-state index contributed by atoms with van der Waals surface area (Å²) in [6.07, 6.45) is 1.25. The zero-order valence-electron chi connectivity index (χ0n) is 19.4. The van der Waals surface area contributed by atoms with Gasteiger partial charge in [-0.15, -0.1) is 11.3 Å². The summed E-state index contributed by atoms with van der Waals surface area (Å²) < 4.78 is 32.6. The number of nitrogens with one attached hydrogen (secondary N) is 1. The Balaban J connectivity index is 1.18. The van der Waals surface area contributed by atoms with E-state index >= 15 is 0 Å². The van der Waals surface area contributed by atoms with Crippen molar-refractivity contribution in [3.63, 3.8) is 0 Å². The van der Waals surface area contributed by atoms with E-state index in [1.807, 2.05) is 4.90 Å². The highest BCUT2D eigenvalue weighted by Gasteiger charge is 2.33. The number of amides is 2. The number of nitro groups is 1. The molecule has 4 rings (SSSR count). The number of anilines is 1. The van der Waals surface area contributed by atoms with Crippen molar-refractivity contribution >= 4 is 44.3 Å². The maximum atomic E-state index is 12.6. The molecule has 0 unspecified atom stereocenters. The van der Waals surface area contributed by atoms with Crippen LogP contribution >= 0.6 is 11.3 Å². The maximum Gasteiger partial charge on any atom is 0.410 e. The van der Waals surface area contributed by atoms with Crippen molar-refractivity contribution in [2.24, 2.45) is 0 Å². The lowest BCUT2D eigenvalue weighted by Crippen LogP contribution is -2.53. The Morgan fingerprint density at radius 3 is 2.50 bits per heavy atom. The van der Waals surface area contributed by atoms with E-state index in [0.29, 0.717) is 49.7 Å². The summed E-state index contributed by atoms with van der Waals surface area (Å²) >= 11 is 1.30. The molecule has 0 aliphatic carbocycles. The molecule has 0 spiro atoms. The lowest BCUT2D eigenvalue weighted by atomic mass is 10.1. The van der Waals surface area contributed by atoms with Crippen LogP contribution in [-0.4, -0.2) is 79.8 Å². The predicted molar refractivity (Wildman–Crippen MR) is 129 cm³/mol. The van der Waals surface area contributed by atoms with Gasteiger partial charge in [-0.05, 0) is 30.5 Å². The molecule has 3 heterocycles. The minimum absolute atomic E-state index is 0.0117. The topological polar surface area (TPSA) is 161 Å². The first-order valence-corrected chi connectivity index (χ1v) is 13.8. The van der Waals surface area contributed by atoms with E-state index in [4.69, 9.17) is 8.92 Å². The highest BCUT2D eigenvalue weighted by atomic mass is 32.2. The van der Waals surface area contributed by atoms with Crippen LogP contribution in [0.25, 0.3) is 0 Å². The summed E-state index contributed by atoms with van der Waals surface area (Å²) in [7, 11) is -3.50. The van der Waals surface area contributed by atoms with Gasteiger partial charge in [-0.1, -0.05) is 0 Å². The number of nitrogens with zero attached hydrogens (tertiary/aromatic N) is 4. The van der Waals surface area contributed by atoms with E-state index in [-0.39, 0.29) is 29.9 Å². The minimum Gasteiger partial charge on any atom is -0.445 e. The van der Waals surface area contributed by atoms with Crippen molar-refractivity contribution in [2.45, 2.75) is 31.6 Å². The van der Waals surface area contributed by atoms with Crippen molar-refractivity contribution < 1.29 is 31.9 Å². The number of aromatic nitrogens is 1. The van der Waals surface area contributed by atoms with Gasteiger partial charge in [0.15, 0.2) is 5.13 Å². The molecule has 0 atom stereocenters. The van der Waals surface area contributed by atoms with E-state index in [1.54, 1.807) is 22.4 Å². The van der Waals surface area contributed by atoms with Gasteiger partial charge in [0.05, 0.1) is 11.2 Å². The van der Waals surface area contributed by atoms with Gasteiger partial charge in [0.1, 0.15) is 18.4 Å². The number of hydrogen-bond acceptors (Lipinski definition) is 11. The third-order valence-electron chi connectivity index (χ3n) is 5.75. The van der Waals surface area contributed by atoms with Crippen molar-refractivity contribution in [2.75, 3.05) is 37.3 Å². The Bertz CT molecular complexity index is 1220. The van der Waals surface area contributed by atoms with E-state index in [9.17, 15) is 28.1 Å². The average Bonchev–Trinajstić information content (AvgIpc) is 3.29. The molecule has 1 aromatic heterocycles. The molecule has 2 fully saturated rings. The fraction of sp³-hybridized carbons (Fsp3) is 0.476. The van der Waals surface area contributed by atoms with Crippen LogP contribution in [0.15, 0.2) is 29.6 Å². The number of thiazole rings is 1. The van der Waals surface area contributed by atoms with E-state index in [1.165, 1.54) is 23.5 Å².